The summed E-state index contributed by atoms with van der Waals surface area (Å²) in [6.07, 6.45) is 1.95. The maximum atomic E-state index is 9.50. The van der Waals surface area contributed by atoms with Crippen molar-refractivity contribution < 1.29 is 9.15 Å². The molecule has 4 rings (SSSR count). The van der Waals surface area contributed by atoms with Crippen molar-refractivity contribution in [2.75, 3.05) is 13.2 Å². The first-order valence-electron chi connectivity index (χ1n) is 6.56. The lowest BCUT2D eigenvalue weighted by molar-refractivity contribution is -0.0866. The normalized spacial score (nSPS) is 22.7. The van der Waals surface area contributed by atoms with Gasteiger partial charge in [-0.25, -0.2) is 4.98 Å². The topological polar surface area (TPSA) is 59.0 Å². The summed E-state index contributed by atoms with van der Waals surface area (Å²) in [5.74, 6) is 0.674. The van der Waals surface area contributed by atoms with E-state index in [-0.39, 0.29) is 10.8 Å². The molecule has 2 fully saturated rings. The maximum absolute atomic E-state index is 9.50. The summed E-state index contributed by atoms with van der Waals surface area (Å²) in [6, 6.07) is 8.60. The van der Waals surface area contributed by atoms with Gasteiger partial charge in [0, 0.05) is 6.92 Å². The second kappa shape index (κ2) is 3.37. The lowest BCUT2D eigenvalue weighted by atomic mass is 9.66. The lowest BCUT2D eigenvalue weighted by Crippen LogP contribution is -2.53. The molecule has 1 aliphatic heterocycles. The molecule has 1 aromatic heterocycles. The van der Waals surface area contributed by atoms with Crippen LogP contribution in [0.4, 0.5) is 0 Å². The van der Waals surface area contributed by atoms with Crippen molar-refractivity contribution >= 4 is 11.1 Å². The van der Waals surface area contributed by atoms with Crippen LogP contribution >= 0.6 is 0 Å². The third kappa shape index (κ3) is 1.28. The van der Waals surface area contributed by atoms with E-state index in [1.165, 1.54) is 5.56 Å². The monoisotopic (exact) mass is 254 g/mol. The van der Waals surface area contributed by atoms with Crippen LogP contribution in [0.5, 0.6) is 0 Å². The molecule has 0 unspecified atom stereocenters. The number of ether oxygens (including phenoxy) is 1. The average Bonchev–Trinajstić information content (AvgIpc) is 3.04. The Balaban J connectivity index is 1.87. The van der Waals surface area contributed by atoms with Crippen molar-refractivity contribution in [2.45, 2.75) is 25.2 Å². The summed E-state index contributed by atoms with van der Waals surface area (Å²) < 4.78 is 11.0. The highest BCUT2D eigenvalue weighted by atomic mass is 16.5. The fraction of sp³-hybridized carbons (Fsp3) is 0.467. The Labute approximate surface area is 111 Å². The van der Waals surface area contributed by atoms with Gasteiger partial charge in [0.15, 0.2) is 11.5 Å². The summed E-state index contributed by atoms with van der Waals surface area (Å²) in [5.41, 5.74) is 2.48. The van der Waals surface area contributed by atoms with Gasteiger partial charge in [-0.3, -0.25) is 0 Å². The Kier molecular flexibility index (Phi) is 1.95. The second-order valence-corrected chi connectivity index (χ2v) is 5.68. The summed E-state index contributed by atoms with van der Waals surface area (Å²) in [5, 5.41) is 9.50. The molecule has 0 atom stereocenters. The number of hydrogen-bond donors (Lipinski definition) is 0. The van der Waals surface area contributed by atoms with Gasteiger partial charge in [0.25, 0.3) is 0 Å². The van der Waals surface area contributed by atoms with Crippen LogP contribution < -0.4 is 0 Å². The summed E-state index contributed by atoms with van der Waals surface area (Å²) in [4.78, 5) is 4.38. The third-order valence-electron chi connectivity index (χ3n) is 4.62. The minimum atomic E-state index is -0.224. The van der Waals surface area contributed by atoms with Crippen molar-refractivity contribution in [1.82, 2.24) is 4.98 Å². The van der Waals surface area contributed by atoms with Gasteiger partial charge in [0.1, 0.15) is 5.52 Å². The Bertz CT molecular complexity index is 702. The molecule has 2 aliphatic rings. The molecule has 4 heteroatoms. The number of nitrogens with zero attached hydrogens (tertiary/aromatic N) is 2. The Morgan fingerprint density at radius 1 is 1.32 bits per heavy atom. The smallest absolute Gasteiger partial charge is 0.192 e. The zero-order valence-electron chi connectivity index (χ0n) is 10.8. The molecule has 19 heavy (non-hydrogen) atoms. The number of hydrogen-bond acceptors (Lipinski definition) is 4. The zero-order chi connectivity index (χ0) is 13.1. The van der Waals surface area contributed by atoms with Crippen molar-refractivity contribution in [1.29, 1.82) is 5.26 Å². The number of fused-ring (bicyclic) bond motifs is 1. The van der Waals surface area contributed by atoms with E-state index in [4.69, 9.17) is 9.15 Å². The molecule has 1 aliphatic carbocycles. The maximum Gasteiger partial charge on any atom is 0.192 e. The largest absolute Gasteiger partial charge is 0.441 e. The molecular formula is C15H14N2O2. The molecule has 1 saturated heterocycles. The third-order valence-corrected chi connectivity index (χ3v) is 4.62. The highest BCUT2D eigenvalue weighted by molar-refractivity contribution is 5.74. The number of oxazole rings is 1. The molecule has 0 bridgehead atoms. The van der Waals surface area contributed by atoms with E-state index in [0.717, 1.165) is 23.9 Å². The molecule has 0 radical (unpaired) electrons. The molecule has 2 heterocycles. The van der Waals surface area contributed by atoms with Gasteiger partial charge in [-0.2, -0.15) is 5.26 Å². The first kappa shape index (κ1) is 11.0. The van der Waals surface area contributed by atoms with Crippen LogP contribution in [0, 0.1) is 23.7 Å². The fourth-order valence-corrected chi connectivity index (χ4v) is 3.19. The SMILES string of the molecule is Cc1nc2cc(C3(C4(C#N)CC4)COC3)ccc2o1. The van der Waals surface area contributed by atoms with E-state index in [2.05, 4.69) is 23.2 Å². The fourth-order valence-electron chi connectivity index (χ4n) is 3.19. The number of nitriles is 1. The van der Waals surface area contributed by atoms with E-state index in [1.807, 2.05) is 13.0 Å². The van der Waals surface area contributed by atoms with Gasteiger partial charge < -0.3 is 9.15 Å². The van der Waals surface area contributed by atoms with E-state index in [9.17, 15) is 5.26 Å². The van der Waals surface area contributed by atoms with E-state index < -0.39 is 0 Å². The molecule has 0 spiro atoms. The van der Waals surface area contributed by atoms with Crippen LogP contribution in [0.3, 0.4) is 0 Å². The molecule has 0 amide bonds. The van der Waals surface area contributed by atoms with Gasteiger partial charge in [-0.1, -0.05) is 6.07 Å². The van der Waals surface area contributed by atoms with Crippen LogP contribution in [0.25, 0.3) is 11.1 Å². The molecule has 1 saturated carbocycles. The van der Waals surface area contributed by atoms with Crippen LogP contribution in [0.1, 0.15) is 24.3 Å². The minimum absolute atomic E-state index is 0.136. The quantitative estimate of drug-likeness (QED) is 0.826. The van der Waals surface area contributed by atoms with E-state index in [0.29, 0.717) is 19.1 Å². The van der Waals surface area contributed by atoms with Crippen LogP contribution in [0.15, 0.2) is 22.6 Å². The van der Waals surface area contributed by atoms with Crippen molar-refractivity contribution in [3.63, 3.8) is 0 Å². The number of aromatic nitrogens is 1. The predicted octanol–water partition coefficient (Wildman–Crippen LogP) is 2.71. The van der Waals surface area contributed by atoms with Crippen molar-refractivity contribution in [2.24, 2.45) is 5.41 Å². The highest BCUT2D eigenvalue weighted by Gasteiger charge is 2.64. The number of benzene rings is 1. The molecular weight excluding hydrogens is 240 g/mol. The molecule has 4 nitrogen and oxygen atoms in total. The average molecular weight is 254 g/mol. The first-order valence-corrected chi connectivity index (χ1v) is 6.56. The zero-order valence-corrected chi connectivity index (χ0v) is 10.8. The number of aryl methyl sites for hydroxylation is 1. The summed E-state index contributed by atoms with van der Waals surface area (Å²) >= 11 is 0. The Morgan fingerprint density at radius 2 is 2.11 bits per heavy atom. The Morgan fingerprint density at radius 3 is 2.68 bits per heavy atom. The van der Waals surface area contributed by atoms with Crippen LogP contribution in [0.2, 0.25) is 0 Å². The number of rotatable bonds is 2. The van der Waals surface area contributed by atoms with Gasteiger partial charge in [0.2, 0.25) is 0 Å². The van der Waals surface area contributed by atoms with E-state index in [1.54, 1.807) is 0 Å². The molecule has 96 valence electrons. The summed E-state index contributed by atoms with van der Waals surface area (Å²) in [6.45, 7) is 3.13. The van der Waals surface area contributed by atoms with E-state index >= 15 is 0 Å². The van der Waals surface area contributed by atoms with Crippen molar-refractivity contribution in [3.8, 4) is 6.07 Å². The molecule has 1 aromatic carbocycles. The predicted molar refractivity (Wildman–Crippen MR) is 68.5 cm³/mol. The van der Waals surface area contributed by atoms with Gasteiger partial charge in [-0.05, 0) is 30.5 Å². The minimum Gasteiger partial charge on any atom is -0.441 e. The van der Waals surface area contributed by atoms with Gasteiger partial charge in [-0.15, -0.1) is 0 Å². The molecule has 0 N–H and O–H groups in total. The second-order valence-electron chi connectivity index (χ2n) is 5.68. The Hall–Kier alpha value is -1.86. The van der Waals surface area contributed by atoms with Crippen molar-refractivity contribution in [3.05, 3.63) is 29.7 Å². The van der Waals surface area contributed by atoms with Gasteiger partial charge in [0.05, 0.1) is 30.1 Å². The molecule has 2 aromatic rings. The standard InChI is InChI=1S/C15H14N2O2/c1-10-17-12-6-11(2-3-13(12)19-10)15(8-18-9-15)14(7-16)4-5-14/h2-3,6H,4-5,8-9H2,1H3. The highest BCUT2D eigenvalue weighted by Crippen LogP contribution is 2.62. The van der Waals surface area contributed by atoms with Gasteiger partial charge >= 0.3 is 0 Å². The first-order chi connectivity index (χ1) is 9.19. The lowest BCUT2D eigenvalue weighted by Gasteiger charge is -2.45. The van der Waals surface area contributed by atoms with Crippen LogP contribution in [-0.4, -0.2) is 18.2 Å². The summed E-state index contributed by atoms with van der Waals surface area (Å²) in [7, 11) is 0. The van der Waals surface area contributed by atoms with Crippen LogP contribution in [-0.2, 0) is 10.2 Å².